The maximum absolute atomic E-state index is 15.9. The summed E-state index contributed by atoms with van der Waals surface area (Å²) >= 11 is 7.03. The summed E-state index contributed by atoms with van der Waals surface area (Å²) in [7, 11) is 0.500. The second kappa shape index (κ2) is 16.4. The van der Waals surface area contributed by atoms with Gasteiger partial charge in [-0.1, -0.05) is 49.7 Å². The summed E-state index contributed by atoms with van der Waals surface area (Å²) in [5.74, 6) is -1.42. The third kappa shape index (κ3) is 7.58. The Morgan fingerprint density at radius 3 is 2.30 bits per heavy atom. The lowest BCUT2D eigenvalue weighted by Crippen LogP contribution is -2.47. The van der Waals surface area contributed by atoms with Crippen molar-refractivity contribution in [3.8, 4) is 11.8 Å². The third-order valence-electron chi connectivity index (χ3n) is 8.22. The second-order valence-corrected chi connectivity index (χ2v) is 11.4. The molecule has 0 unspecified atom stereocenters. The smallest absolute Gasteiger partial charge is 0.343 e. The van der Waals surface area contributed by atoms with Crippen LogP contribution >= 0.6 is 11.6 Å². The van der Waals surface area contributed by atoms with Crippen molar-refractivity contribution in [2.75, 3.05) is 62.9 Å². The Balaban J connectivity index is 0.00000245. The predicted molar refractivity (Wildman–Crippen MR) is 184 cm³/mol. The first-order chi connectivity index (χ1) is 22.8. The number of nitriles is 1. The van der Waals surface area contributed by atoms with Crippen LogP contribution in [0.4, 0.5) is 20.2 Å². The van der Waals surface area contributed by atoms with Gasteiger partial charge in [0.05, 0.1) is 46.6 Å². The van der Waals surface area contributed by atoms with Crippen molar-refractivity contribution in [1.29, 1.82) is 5.26 Å². The van der Waals surface area contributed by atoms with Crippen LogP contribution in [-0.4, -0.2) is 68.5 Å². The molecule has 0 atom stereocenters. The molecule has 0 bridgehead atoms. The van der Waals surface area contributed by atoms with Gasteiger partial charge in [0, 0.05) is 44.6 Å². The number of nitrogens with zero attached hydrogens (tertiary/aromatic N) is 5. The molecule has 1 aliphatic heterocycles. The quantitative estimate of drug-likeness (QED) is 0.169. The Bertz CT molecular complexity index is 1800. The van der Waals surface area contributed by atoms with E-state index in [1.165, 1.54) is 12.3 Å². The van der Waals surface area contributed by atoms with E-state index >= 15 is 4.39 Å². The first kappa shape index (κ1) is 35.4. The topological polar surface area (TPSA) is 81.8 Å². The maximum Gasteiger partial charge on any atom is 0.343 e. The number of fused-ring (bicyclic) bond motifs is 1. The third-order valence-corrected chi connectivity index (χ3v) is 8.58. The highest BCUT2D eigenvalue weighted by atomic mass is 35.5. The average molecular weight is 664 g/mol. The summed E-state index contributed by atoms with van der Waals surface area (Å²) in [6.45, 7) is 10.8. The number of benzene rings is 3. The Hall–Kier alpha value is -4.46. The number of hydrogen-bond acceptors (Lipinski definition) is 7. The molecule has 47 heavy (non-hydrogen) atoms. The van der Waals surface area contributed by atoms with Crippen molar-refractivity contribution in [3.63, 3.8) is 0 Å². The molecule has 1 aliphatic rings. The van der Waals surface area contributed by atoms with Crippen LogP contribution in [0, 0.1) is 17.1 Å². The van der Waals surface area contributed by atoms with Gasteiger partial charge in [-0.15, -0.1) is 0 Å². The summed E-state index contributed by atoms with van der Waals surface area (Å²) in [5, 5.41) is 9.64. The number of ether oxygens (including phenoxy) is 1. The van der Waals surface area contributed by atoms with Crippen LogP contribution < -0.4 is 15.2 Å². The van der Waals surface area contributed by atoms with Crippen LogP contribution in [0.3, 0.4) is 0 Å². The van der Waals surface area contributed by atoms with Crippen molar-refractivity contribution in [3.05, 3.63) is 98.5 Å². The lowest BCUT2D eigenvalue weighted by atomic mass is 10.1. The van der Waals surface area contributed by atoms with Crippen LogP contribution in [-0.2, 0) is 11.3 Å². The number of alkyl halides is 1. The largest absolute Gasteiger partial charge is 0.462 e. The molecule has 0 saturated carbocycles. The average Bonchev–Trinajstić information content (AvgIpc) is 3.10. The summed E-state index contributed by atoms with van der Waals surface area (Å²) in [5.41, 5.74) is 2.90. The van der Waals surface area contributed by atoms with Crippen molar-refractivity contribution in [2.45, 2.75) is 33.7 Å². The minimum atomic E-state index is -0.776. The number of esters is 1. The van der Waals surface area contributed by atoms with E-state index in [4.69, 9.17) is 16.3 Å². The summed E-state index contributed by atoms with van der Waals surface area (Å²) in [6.07, 6.45) is 2.50. The molecular formula is C36H40ClF2N5O3. The number of pyridine rings is 1. The molecule has 1 aromatic heterocycles. The molecule has 1 saturated heterocycles. The van der Waals surface area contributed by atoms with E-state index in [9.17, 15) is 19.2 Å². The van der Waals surface area contributed by atoms with Crippen LogP contribution in [0.1, 0.15) is 48.7 Å². The standard InChI is InChI=1S/C35H37ClFN5O3.CH3F/c1-4-15-39(5-2)22-24-11-13-26(14-12-24)42-23-28(35(44)45-6-3)34(43)27-20-29(37)33(31(36)32(27)42)41-18-16-40(17-19-41)30-10-8-7-9-25(30)21-38;1-2/h7-14,20,23H,4-6,15-19,22H2,1-3H3;1H3. The number of carbonyl (C=O) groups is 1. The molecule has 5 rings (SSSR count). The molecule has 4 aromatic rings. The number of aromatic nitrogens is 1. The fraction of sp³-hybridized carbons (Fsp3) is 0.361. The number of halogens is 3. The Labute approximate surface area is 279 Å². The zero-order chi connectivity index (χ0) is 34.1. The molecule has 0 aliphatic carbocycles. The molecule has 0 N–H and O–H groups in total. The first-order valence-corrected chi connectivity index (χ1v) is 16.1. The van der Waals surface area contributed by atoms with Gasteiger partial charge in [0.1, 0.15) is 17.4 Å². The number of rotatable bonds is 10. The van der Waals surface area contributed by atoms with Gasteiger partial charge in [-0.05, 0) is 62.3 Å². The minimum absolute atomic E-state index is 0.00225. The van der Waals surface area contributed by atoms with Crippen LogP contribution in [0.25, 0.3) is 16.6 Å². The molecule has 3 aromatic carbocycles. The lowest BCUT2D eigenvalue weighted by Gasteiger charge is -2.38. The van der Waals surface area contributed by atoms with Crippen LogP contribution in [0.15, 0.2) is 65.6 Å². The van der Waals surface area contributed by atoms with Crippen LogP contribution in [0.2, 0.25) is 5.02 Å². The normalized spacial score (nSPS) is 12.9. The first-order valence-electron chi connectivity index (χ1n) is 15.7. The van der Waals surface area contributed by atoms with E-state index in [1.54, 1.807) is 17.6 Å². The number of carbonyl (C=O) groups excluding carboxylic acids is 1. The van der Waals surface area contributed by atoms with Gasteiger partial charge >= 0.3 is 5.97 Å². The zero-order valence-electron chi connectivity index (χ0n) is 27.2. The van der Waals surface area contributed by atoms with Crippen LogP contribution in [0.5, 0.6) is 0 Å². The molecule has 0 spiro atoms. The fourth-order valence-electron chi connectivity index (χ4n) is 5.95. The summed E-state index contributed by atoms with van der Waals surface area (Å²) in [4.78, 5) is 32.7. The summed E-state index contributed by atoms with van der Waals surface area (Å²) in [6, 6.07) is 18.7. The SMILES string of the molecule is CCCN(CC)Cc1ccc(-n2cc(C(=O)OCC)c(=O)c3cc(F)c(N4CCN(c5ccccc5C#N)CC4)c(Cl)c32)cc1.CF. The van der Waals surface area contributed by atoms with E-state index in [-0.39, 0.29) is 28.3 Å². The van der Waals surface area contributed by atoms with Gasteiger partial charge in [-0.3, -0.25) is 14.1 Å². The summed E-state index contributed by atoms with van der Waals surface area (Å²) < 4.78 is 32.3. The predicted octanol–water partition coefficient (Wildman–Crippen LogP) is 6.98. The van der Waals surface area contributed by atoms with Gasteiger partial charge in [-0.2, -0.15) is 5.26 Å². The molecule has 0 radical (unpaired) electrons. The maximum atomic E-state index is 15.9. The highest BCUT2D eigenvalue weighted by Gasteiger charge is 2.27. The van der Waals surface area contributed by atoms with Crippen molar-refractivity contribution in [2.24, 2.45) is 0 Å². The fourth-order valence-corrected chi connectivity index (χ4v) is 6.36. The van der Waals surface area contributed by atoms with Crippen molar-refractivity contribution < 1.29 is 18.3 Å². The molecule has 0 amide bonds. The monoisotopic (exact) mass is 663 g/mol. The van der Waals surface area contributed by atoms with E-state index in [0.717, 1.165) is 37.3 Å². The minimum Gasteiger partial charge on any atom is -0.462 e. The zero-order valence-corrected chi connectivity index (χ0v) is 28.0. The number of anilines is 2. The number of para-hydroxylation sites is 1. The van der Waals surface area contributed by atoms with E-state index in [1.807, 2.05) is 47.4 Å². The number of piperazine rings is 1. The Kier molecular flexibility index (Phi) is 12.3. The molecule has 8 nitrogen and oxygen atoms in total. The van der Waals surface area contributed by atoms with Gasteiger partial charge < -0.3 is 19.1 Å². The second-order valence-electron chi connectivity index (χ2n) is 11.0. The molecule has 11 heteroatoms. The van der Waals surface area contributed by atoms with E-state index in [0.29, 0.717) is 50.1 Å². The molecule has 248 valence electrons. The number of hydrogen-bond donors (Lipinski definition) is 0. The Morgan fingerprint density at radius 2 is 1.68 bits per heavy atom. The van der Waals surface area contributed by atoms with Gasteiger partial charge in [0.2, 0.25) is 5.43 Å². The van der Waals surface area contributed by atoms with Gasteiger partial charge in [0.25, 0.3) is 0 Å². The lowest BCUT2D eigenvalue weighted by molar-refractivity contribution is 0.0524. The highest BCUT2D eigenvalue weighted by Crippen LogP contribution is 2.37. The molecule has 1 fully saturated rings. The molecule has 2 heterocycles. The van der Waals surface area contributed by atoms with E-state index in [2.05, 4.69) is 29.7 Å². The molecular weight excluding hydrogens is 624 g/mol. The van der Waals surface area contributed by atoms with Crippen molar-refractivity contribution >= 4 is 39.8 Å². The van der Waals surface area contributed by atoms with E-state index < -0.39 is 17.2 Å². The van der Waals surface area contributed by atoms with Gasteiger partial charge in [0.15, 0.2) is 0 Å². The van der Waals surface area contributed by atoms with Crippen molar-refractivity contribution in [1.82, 2.24) is 9.47 Å². The Morgan fingerprint density at radius 1 is 1.02 bits per heavy atom. The highest BCUT2D eigenvalue weighted by molar-refractivity contribution is 6.38. The van der Waals surface area contributed by atoms with Gasteiger partial charge in [-0.25, -0.2) is 9.18 Å².